The van der Waals surface area contributed by atoms with Crippen molar-refractivity contribution in [1.29, 1.82) is 0 Å². The Kier molecular flexibility index (Phi) is 6.67. The summed E-state index contributed by atoms with van der Waals surface area (Å²) in [5.41, 5.74) is 0.807. The summed E-state index contributed by atoms with van der Waals surface area (Å²) in [4.78, 5) is 17.2. The molecule has 0 aliphatic heterocycles. The second-order valence-electron chi connectivity index (χ2n) is 5.56. The fraction of sp³-hybridized carbons (Fsp3) is 0.100. The van der Waals surface area contributed by atoms with E-state index in [2.05, 4.69) is 4.99 Å². The van der Waals surface area contributed by atoms with E-state index < -0.39 is 5.78 Å². The number of carbonyl (C=O) groups is 1. The Hall–Kier alpha value is -2.41. The van der Waals surface area contributed by atoms with Gasteiger partial charge in [-0.05, 0) is 42.0 Å². The number of benzene rings is 1. The van der Waals surface area contributed by atoms with E-state index >= 15 is 0 Å². The number of nitrogens with zero attached hydrogens (tertiary/aromatic N) is 1. The molecule has 2 aromatic heterocycles. The van der Waals surface area contributed by atoms with Gasteiger partial charge in [0.1, 0.15) is 10.6 Å². The standard InChI is InChI=1S/C20H15Cl2NO4S/c1-23-20(28-11-12-6-7-13(21)10-14(12)22)17(18(24)15-4-2-8-26-15)19(25)16-5-3-9-27-16/h2-10,24H,11H2,1H3/b18-17-,23-20?. The Morgan fingerprint density at radius 2 is 1.79 bits per heavy atom. The van der Waals surface area contributed by atoms with Crippen LogP contribution in [0.3, 0.4) is 0 Å². The van der Waals surface area contributed by atoms with Crippen LogP contribution in [-0.2, 0) is 5.75 Å². The number of rotatable bonds is 6. The fourth-order valence-corrected chi connectivity index (χ4v) is 3.97. The number of Topliss-reactive ketones (excluding diaryl/α,β-unsaturated/α-hetero) is 1. The molecule has 0 aliphatic rings. The van der Waals surface area contributed by atoms with Crippen LogP contribution in [0.4, 0.5) is 0 Å². The molecule has 0 spiro atoms. The predicted octanol–water partition coefficient (Wildman–Crippen LogP) is 6.29. The Morgan fingerprint density at radius 1 is 1.11 bits per heavy atom. The topological polar surface area (TPSA) is 75.9 Å². The number of thioether (sulfide) groups is 1. The highest BCUT2D eigenvalue weighted by Crippen LogP contribution is 2.30. The molecule has 0 fully saturated rings. The van der Waals surface area contributed by atoms with Gasteiger partial charge in [0.25, 0.3) is 0 Å². The summed E-state index contributed by atoms with van der Waals surface area (Å²) in [6.07, 6.45) is 2.79. The van der Waals surface area contributed by atoms with Crippen LogP contribution in [0, 0.1) is 0 Å². The molecule has 3 aromatic rings. The third-order valence-corrected chi connectivity index (χ3v) is 5.46. The first kappa shape index (κ1) is 20.3. The molecule has 2 heterocycles. The summed E-state index contributed by atoms with van der Waals surface area (Å²) in [7, 11) is 1.54. The van der Waals surface area contributed by atoms with Crippen molar-refractivity contribution in [3.8, 4) is 0 Å². The summed E-state index contributed by atoms with van der Waals surface area (Å²) < 4.78 is 10.5. The second-order valence-corrected chi connectivity index (χ2v) is 7.37. The van der Waals surface area contributed by atoms with E-state index in [-0.39, 0.29) is 22.9 Å². The highest BCUT2D eigenvalue weighted by atomic mass is 35.5. The third-order valence-electron chi connectivity index (χ3n) is 3.76. The lowest BCUT2D eigenvalue weighted by atomic mass is 10.1. The first-order chi connectivity index (χ1) is 13.5. The van der Waals surface area contributed by atoms with E-state index in [0.29, 0.717) is 20.8 Å². The monoisotopic (exact) mass is 435 g/mol. The van der Waals surface area contributed by atoms with Gasteiger partial charge in [-0.15, -0.1) is 11.8 Å². The highest BCUT2D eigenvalue weighted by Gasteiger charge is 2.27. The van der Waals surface area contributed by atoms with Gasteiger partial charge in [-0.3, -0.25) is 9.79 Å². The Labute approximate surface area is 175 Å². The van der Waals surface area contributed by atoms with Crippen molar-refractivity contribution in [2.24, 2.45) is 4.99 Å². The van der Waals surface area contributed by atoms with Crippen molar-refractivity contribution in [2.75, 3.05) is 7.05 Å². The molecule has 0 atom stereocenters. The summed E-state index contributed by atoms with van der Waals surface area (Å²) >= 11 is 13.4. The van der Waals surface area contributed by atoms with Crippen LogP contribution in [0.2, 0.25) is 10.0 Å². The molecule has 0 amide bonds. The quantitative estimate of drug-likeness (QED) is 0.162. The molecule has 144 valence electrons. The molecular formula is C20H15Cl2NO4S. The summed E-state index contributed by atoms with van der Waals surface area (Å²) in [6, 6.07) is 11.5. The van der Waals surface area contributed by atoms with Gasteiger partial charge in [0.2, 0.25) is 5.78 Å². The largest absolute Gasteiger partial charge is 0.504 e. The molecular weight excluding hydrogens is 421 g/mol. The number of aliphatic imine (C=N–C) groups is 1. The molecule has 0 radical (unpaired) electrons. The molecule has 5 nitrogen and oxygen atoms in total. The lowest BCUT2D eigenvalue weighted by molar-refractivity contribution is 0.101. The molecule has 0 saturated heterocycles. The zero-order valence-corrected chi connectivity index (χ0v) is 17.0. The second kappa shape index (κ2) is 9.19. The average molecular weight is 436 g/mol. The Bertz CT molecular complexity index is 1020. The minimum Gasteiger partial charge on any atom is -0.504 e. The van der Waals surface area contributed by atoms with Crippen molar-refractivity contribution < 1.29 is 18.7 Å². The van der Waals surface area contributed by atoms with Gasteiger partial charge in [-0.1, -0.05) is 29.3 Å². The molecule has 1 aromatic carbocycles. The highest BCUT2D eigenvalue weighted by molar-refractivity contribution is 8.13. The summed E-state index contributed by atoms with van der Waals surface area (Å²) in [6.45, 7) is 0. The van der Waals surface area contributed by atoms with Crippen LogP contribution in [0.15, 0.2) is 74.4 Å². The maximum absolute atomic E-state index is 13.0. The van der Waals surface area contributed by atoms with Gasteiger partial charge in [-0.2, -0.15) is 0 Å². The van der Waals surface area contributed by atoms with Crippen LogP contribution in [0.25, 0.3) is 5.76 Å². The van der Waals surface area contributed by atoms with E-state index in [9.17, 15) is 9.90 Å². The van der Waals surface area contributed by atoms with E-state index in [1.807, 2.05) is 0 Å². The molecule has 0 unspecified atom stereocenters. The maximum Gasteiger partial charge on any atom is 0.234 e. The zero-order valence-electron chi connectivity index (χ0n) is 14.7. The minimum atomic E-state index is -0.505. The fourth-order valence-electron chi connectivity index (χ4n) is 2.41. The normalized spacial score (nSPS) is 12.8. The Balaban J connectivity index is 1.96. The molecule has 1 N–H and O–H groups in total. The first-order valence-electron chi connectivity index (χ1n) is 8.10. The maximum atomic E-state index is 13.0. The van der Waals surface area contributed by atoms with Gasteiger partial charge in [0, 0.05) is 22.8 Å². The smallest absolute Gasteiger partial charge is 0.234 e. The Morgan fingerprint density at radius 3 is 2.36 bits per heavy atom. The molecule has 0 bridgehead atoms. The number of aliphatic hydroxyl groups is 1. The number of halogens is 2. The number of aliphatic hydroxyl groups excluding tert-OH is 1. The van der Waals surface area contributed by atoms with E-state index in [1.54, 1.807) is 36.4 Å². The molecule has 8 heteroatoms. The summed E-state index contributed by atoms with van der Waals surface area (Å²) in [5, 5.41) is 12.1. The van der Waals surface area contributed by atoms with Gasteiger partial charge in [0.15, 0.2) is 17.3 Å². The van der Waals surface area contributed by atoms with E-state index in [4.69, 9.17) is 32.0 Å². The average Bonchev–Trinajstić information content (AvgIpc) is 3.39. The SMILES string of the molecule is CN=C(SCc1ccc(Cl)cc1Cl)/C(C(=O)c1ccco1)=C(\O)c1ccco1. The first-order valence-corrected chi connectivity index (χ1v) is 9.84. The van der Waals surface area contributed by atoms with Crippen LogP contribution in [0.5, 0.6) is 0 Å². The molecule has 3 rings (SSSR count). The van der Waals surface area contributed by atoms with E-state index in [0.717, 1.165) is 5.56 Å². The molecule has 0 aliphatic carbocycles. The van der Waals surface area contributed by atoms with Crippen LogP contribution >= 0.6 is 35.0 Å². The van der Waals surface area contributed by atoms with Crippen molar-refractivity contribution in [3.63, 3.8) is 0 Å². The number of furan rings is 2. The number of hydrogen-bond donors (Lipinski definition) is 1. The van der Waals surface area contributed by atoms with Crippen LogP contribution in [-0.4, -0.2) is 23.0 Å². The van der Waals surface area contributed by atoms with E-state index in [1.165, 1.54) is 37.4 Å². The van der Waals surface area contributed by atoms with Gasteiger partial charge in [0.05, 0.1) is 12.5 Å². The van der Waals surface area contributed by atoms with Gasteiger partial charge >= 0.3 is 0 Å². The van der Waals surface area contributed by atoms with Crippen molar-refractivity contribution >= 4 is 51.5 Å². The van der Waals surface area contributed by atoms with Crippen molar-refractivity contribution in [1.82, 2.24) is 0 Å². The van der Waals surface area contributed by atoms with Gasteiger partial charge in [-0.25, -0.2) is 0 Å². The molecule has 28 heavy (non-hydrogen) atoms. The van der Waals surface area contributed by atoms with Crippen molar-refractivity contribution in [2.45, 2.75) is 5.75 Å². The third kappa shape index (κ3) is 4.52. The lowest BCUT2D eigenvalue weighted by Crippen LogP contribution is -2.13. The van der Waals surface area contributed by atoms with Gasteiger partial charge < -0.3 is 13.9 Å². The van der Waals surface area contributed by atoms with Crippen LogP contribution < -0.4 is 0 Å². The number of carbonyl (C=O) groups excluding carboxylic acids is 1. The summed E-state index contributed by atoms with van der Waals surface area (Å²) in [5.74, 6) is -0.167. The minimum absolute atomic E-state index is 0.0116. The number of hydrogen-bond acceptors (Lipinski definition) is 6. The lowest BCUT2D eigenvalue weighted by Gasteiger charge is -2.11. The number of ketones is 1. The zero-order chi connectivity index (χ0) is 20.1. The molecule has 0 saturated carbocycles. The van der Waals surface area contributed by atoms with Crippen LogP contribution in [0.1, 0.15) is 21.9 Å². The predicted molar refractivity (Wildman–Crippen MR) is 112 cm³/mol. The van der Waals surface area contributed by atoms with Crippen molar-refractivity contribution in [3.05, 3.63) is 87.7 Å².